The Morgan fingerprint density at radius 2 is 1.79 bits per heavy atom. The van der Waals surface area contributed by atoms with E-state index in [4.69, 9.17) is 4.74 Å². The molecular formula is C22H28N2O4S. The van der Waals surface area contributed by atoms with Crippen LogP contribution in [0.25, 0.3) is 0 Å². The van der Waals surface area contributed by atoms with Gasteiger partial charge >= 0.3 is 0 Å². The van der Waals surface area contributed by atoms with Gasteiger partial charge in [-0.2, -0.15) is 4.31 Å². The number of ether oxygens (including phenoxy) is 1. The Hall–Kier alpha value is -2.38. The van der Waals surface area contributed by atoms with E-state index in [9.17, 15) is 13.2 Å². The Labute approximate surface area is 172 Å². The number of carbonyl (C=O) groups excluding carboxylic acids is 1. The van der Waals surface area contributed by atoms with E-state index >= 15 is 0 Å². The average molecular weight is 417 g/mol. The zero-order valence-electron chi connectivity index (χ0n) is 17.0. The summed E-state index contributed by atoms with van der Waals surface area (Å²) in [5.41, 5.74) is 2.02. The molecule has 0 aliphatic carbocycles. The molecule has 1 heterocycles. The van der Waals surface area contributed by atoms with Crippen LogP contribution in [0.4, 0.5) is 0 Å². The van der Waals surface area contributed by atoms with Crippen LogP contribution in [-0.4, -0.2) is 38.8 Å². The van der Waals surface area contributed by atoms with Crippen molar-refractivity contribution >= 4 is 15.9 Å². The minimum absolute atomic E-state index is 0.177. The molecule has 7 heteroatoms. The van der Waals surface area contributed by atoms with Crippen LogP contribution in [0.3, 0.4) is 0 Å². The van der Waals surface area contributed by atoms with Crippen LogP contribution in [0.2, 0.25) is 0 Å². The molecule has 1 fully saturated rings. The number of amides is 1. The van der Waals surface area contributed by atoms with Gasteiger partial charge in [0.15, 0.2) is 0 Å². The molecule has 0 spiro atoms. The molecule has 1 aliphatic rings. The molecular weight excluding hydrogens is 388 g/mol. The Bertz CT molecular complexity index is 965. The summed E-state index contributed by atoms with van der Waals surface area (Å²) in [7, 11) is -2.00. The van der Waals surface area contributed by atoms with Gasteiger partial charge in [0.1, 0.15) is 5.75 Å². The number of rotatable bonds is 6. The lowest BCUT2D eigenvalue weighted by Gasteiger charge is -2.20. The molecule has 156 valence electrons. The van der Waals surface area contributed by atoms with Crippen molar-refractivity contribution in [1.82, 2.24) is 9.62 Å². The van der Waals surface area contributed by atoms with Crippen molar-refractivity contribution in [2.75, 3.05) is 20.2 Å². The standard InChI is InChI=1S/C22H28N2O4S/c1-17-10-11-20(29(26,27)24-12-5-3-4-6-13-24)15-21(17)22(25)23-16-18-8-7-9-19(14-18)28-2/h7-11,14-15H,3-6,12-13,16H2,1-2H3,(H,23,25). The highest BCUT2D eigenvalue weighted by Crippen LogP contribution is 2.23. The summed E-state index contributed by atoms with van der Waals surface area (Å²) < 4.78 is 32.9. The molecule has 2 aromatic carbocycles. The topological polar surface area (TPSA) is 75.7 Å². The van der Waals surface area contributed by atoms with Crippen LogP contribution < -0.4 is 10.1 Å². The highest BCUT2D eigenvalue weighted by atomic mass is 32.2. The molecule has 1 N–H and O–H groups in total. The number of aryl methyl sites for hydroxylation is 1. The van der Waals surface area contributed by atoms with Crippen molar-refractivity contribution in [2.24, 2.45) is 0 Å². The van der Waals surface area contributed by atoms with Gasteiger partial charge in [0.2, 0.25) is 10.0 Å². The van der Waals surface area contributed by atoms with E-state index in [0.717, 1.165) is 42.6 Å². The Morgan fingerprint density at radius 3 is 2.48 bits per heavy atom. The fourth-order valence-corrected chi connectivity index (χ4v) is 5.04. The highest BCUT2D eigenvalue weighted by molar-refractivity contribution is 7.89. The molecule has 29 heavy (non-hydrogen) atoms. The Kier molecular flexibility index (Phi) is 6.92. The lowest BCUT2D eigenvalue weighted by Crippen LogP contribution is -2.32. The summed E-state index contributed by atoms with van der Waals surface area (Å²) in [5, 5.41) is 2.87. The predicted octanol–water partition coefficient (Wildman–Crippen LogP) is 3.50. The fourth-order valence-electron chi connectivity index (χ4n) is 3.50. The Morgan fingerprint density at radius 1 is 1.07 bits per heavy atom. The van der Waals surface area contributed by atoms with E-state index < -0.39 is 10.0 Å². The van der Waals surface area contributed by atoms with Gasteiger partial charge in [-0.05, 0) is 55.2 Å². The van der Waals surface area contributed by atoms with Crippen LogP contribution in [0.1, 0.15) is 47.2 Å². The molecule has 1 amide bonds. The van der Waals surface area contributed by atoms with E-state index in [1.54, 1.807) is 23.5 Å². The van der Waals surface area contributed by atoms with E-state index in [-0.39, 0.29) is 10.8 Å². The maximum absolute atomic E-state index is 13.1. The fraction of sp³-hybridized carbons (Fsp3) is 0.409. The lowest BCUT2D eigenvalue weighted by molar-refractivity contribution is 0.0950. The maximum atomic E-state index is 13.1. The van der Waals surface area contributed by atoms with Crippen molar-refractivity contribution in [3.8, 4) is 5.75 Å². The van der Waals surface area contributed by atoms with Gasteiger partial charge in [-0.25, -0.2) is 8.42 Å². The normalized spacial score (nSPS) is 15.5. The minimum atomic E-state index is -3.60. The van der Waals surface area contributed by atoms with Gasteiger partial charge < -0.3 is 10.1 Å². The summed E-state index contributed by atoms with van der Waals surface area (Å²) in [6.45, 7) is 3.21. The number of hydrogen-bond donors (Lipinski definition) is 1. The second kappa shape index (κ2) is 9.41. The number of nitrogens with zero attached hydrogens (tertiary/aromatic N) is 1. The summed E-state index contributed by atoms with van der Waals surface area (Å²) in [6.07, 6.45) is 3.85. The van der Waals surface area contributed by atoms with Crippen LogP contribution in [0.15, 0.2) is 47.4 Å². The first kappa shape index (κ1) is 21.3. The molecule has 6 nitrogen and oxygen atoms in total. The first-order valence-electron chi connectivity index (χ1n) is 9.94. The number of carbonyl (C=O) groups is 1. The number of methoxy groups -OCH3 is 1. The summed E-state index contributed by atoms with van der Waals surface area (Å²) in [6, 6.07) is 12.2. The van der Waals surface area contributed by atoms with Gasteiger partial charge in [-0.3, -0.25) is 4.79 Å². The zero-order valence-corrected chi connectivity index (χ0v) is 17.8. The number of nitrogens with one attached hydrogen (secondary N) is 1. The van der Waals surface area contributed by atoms with Crippen molar-refractivity contribution in [3.05, 3.63) is 59.2 Å². The van der Waals surface area contributed by atoms with Gasteiger partial charge in [0.05, 0.1) is 12.0 Å². The molecule has 0 bridgehead atoms. The third-order valence-electron chi connectivity index (χ3n) is 5.24. The lowest BCUT2D eigenvalue weighted by atomic mass is 10.1. The zero-order chi connectivity index (χ0) is 20.9. The van der Waals surface area contributed by atoms with Gasteiger partial charge in [0, 0.05) is 25.2 Å². The third-order valence-corrected chi connectivity index (χ3v) is 7.14. The SMILES string of the molecule is COc1cccc(CNC(=O)c2cc(S(=O)(=O)N3CCCCCC3)ccc2C)c1. The molecule has 1 aliphatic heterocycles. The molecule has 1 saturated heterocycles. The van der Waals surface area contributed by atoms with E-state index in [0.29, 0.717) is 25.2 Å². The molecule has 3 rings (SSSR count). The summed E-state index contributed by atoms with van der Waals surface area (Å²) >= 11 is 0. The van der Waals surface area contributed by atoms with Crippen molar-refractivity contribution in [2.45, 2.75) is 44.0 Å². The molecule has 0 atom stereocenters. The number of benzene rings is 2. The van der Waals surface area contributed by atoms with E-state index in [1.807, 2.05) is 31.2 Å². The number of sulfonamides is 1. The third kappa shape index (κ3) is 5.16. The van der Waals surface area contributed by atoms with Gasteiger partial charge in [-0.15, -0.1) is 0 Å². The maximum Gasteiger partial charge on any atom is 0.251 e. The van der Waals surface area contributed by atoms with Gasteiger partial charge in [-0.1, -0.05) is 31.0 Å². The highest BCUT2D eigenvalue weighted by Gasteiger charge is 2.26. The summed E-state index contributed by atoms with van der Waals surface area (Å²) in [4.78, 5) is 12.9. The first-order chi connectivity index (χ1) is 13.9. The quantitative estimate of drug-likeness (QED) is 0.782. The second-order valence-electron chi connectivity index (χ2n) is 7.33. The largest absolute Gasteiger partial charge is 0.497 e. The predicted molar refractivity (Wildman–Crippen MR) is 113 cm³/mol. The first-order valence-corrected chi connectivity index (χ1v) is 11.4. The van der Waals surface area contributed by atoms with Gasteiger partial charge in [0.25, 0.3) is 5.91 Å². The van der Waals surface area contributed by atoms with Crippen molar-refractivity contribution in [1.29, 1.82) is 0 Å². The minimum Gasteiger partial charge on any atom is -0.497 e. The Balaban J connectivity index is 1.78. The van der Waals surface area contributed by atoms with E-state index in [1.165, 1.54) is 6.07 Å². The molecule has 0 unspecified atom stereocenters. The smallest absolute Gasteiger partial charge is 0.251 e. The van der Waals surface area contributed by atoms with Crippen molar-refractivity contribution in [3.63, 3.8) is 0 Å². The number of hydrogen-bond acceptors (Lipinski definition) is 4. The summed E-state index contributed by atoms with van der Waals surface area (Å²) in [5.74, 6) is 0.428. The van der Waals surface area contributed by atoms with Crippen LogP contribution in [-0.2, 0) is 16.6 Å². The average Bonchev–Trinajstić information content (AvgIpc) is 3.02. The van der Waals surface area contributed by atoms with Crippen molar-refractivity contribution < 1.29 is 17.9 Å². The molecule has 0 radical (unpaired) electrons. The second-order valence-corrected chi connectivity index (χ2v) is 9.27. The van der Waals surface area contributed by atoms with Crippen LogP contribution in [0, 0.1) is 6.92 Å². The molecule has 0 saturated carbocycles. The monoisotopic (exact) mass is 416 g/mol. The van der Waals surface area contributed by atoms with E-state index in [2.05, 4.69) is 5.32 Å². The van der Waals surface area contributed by atoms with Crippen LogP contribution in [0.5, 0.6) is 5.75 Å². The van der Waals surface area contributed by atoms with Crippen LogP contribution >= 0.6 is 0 Å². The molecule has 2 aromatic rings. The molecule has 0 aromatic heterocycles.